The molecular formula is C19H29N3O4. The predicted molar refractivity (Wildman–Crippen MR) is 99.2 cm³/mol. The van der Waals surface area contributed by atoms with Gasteiger partial charge in [-0.2, -0.15) is 0 Å². The Morgan fingerprint density at radius 2 is 1.92 bits per heavy atom. The first kappa shape index (κ1) is 20.2. The zero-order valence-electron chi connectivity index (χ0n) is 15.6. The molecule has 1 atom stereocenters. The molecule has 3 amide bonds. The van der Waals surface area contributed by atoms with E-state index in [1.807, 2.05) is 12.1 Å². The second-order valence-corrected chi connectivity index (χ2v) is 6.41. The van der Waals surface area contributed by atoms with Gasteiger partial charge in [0.1, 0.15) is 5.75 Å². The molecule has 1 aromatic rings. The lowest BCUT2D eigenvalue weighted by molar-refractivity contribution is -0.121. The first-order valence-corrected chi connectivity index (χ1v) is 9.08. The molecule has 0 spiro atoms. The van der Waals surface area contributed by atoms with Crippen molar-refractivity contribution in [3.8, 4) is 5.75 Å². The summed E-state index contributed by atoms with van der Waals surface area (Å²) >= 11 is 0. The first-order valence-electron chi connectivity index (χ1n) is 9.08. The highest BCUT2D eigenvalue weighted by Gasteiger charge is 2.25. The van der Waals surface area contributed by atoms with E-state index in [9.17, 15) is 9.59 Å². The molecule has 0 saturated carbocycles. The summed E-state index contributed by atoms with van der Waals surface area (Å²) in [4.78, 5) is 26.2. The fourth-order valence-corrected chi connectivity index (χ4v) is 3.22. The lowest BCUT2D eigenvalue weighted by Crippen LogP contribution is -2.46. The maximum Gasteiger partial charge on any atom is 0.321 e. The number of rotatable bonds is 7. The third kappa shape index (κ3) is 6.31. The number of likely N-dealkylation sites (tertiary alicyclic amines) is 1. The lowest BCUT2D eigenvalue weighted by atomic mass is 10.0. The van der Waals surface area contributed by atoms with Gasteiger partial charge in [-0.05, 0) is 37.1 Å². The Kier molecular flexibility index (Phi) is 8.37. The summed E-state index contributed by atoms with van der Waals surface area (Å²) in [6.07, 6.45) is 4.34. The summed E-state index contributed by atoms with van der Waals surface area (Å²) in [5, 5.41) is 4.98. The number of methoxy groups -OCH3 is 2. The van der Waals surface area contributed by atoms with Gasteiger partial charge in [0, 0.05) is 19.7 Å². The maximum atomic E-state index is 12.3. The van der Waals surface area contributed by atoms with Crippen LogP contribution in [0.5, 0.6) is 5.75 Å². The van der Waals surface area contributed by atoms with Crippen LogP contribution in [0.3, 0.4) is 0 Å². The van der Waals surface area contributed by atoms with Crippen molar-refractivity contribution < 1.29 is 19.1 Å². The topological polar surface area (TPSA) is 79.9 Å². The zero-order chi connectivity index (χ0) is 18.8. The molecule has 144 valence electrons. The number of carbonyl (C=O) groups excluding carboxylic acids is 2. The number of ether oxygens (including phenoxy) is 2. The van der Waals surface area contributed by atoms with Gasteiger partial charge in [0.05, 0.1) is 20.3 Å². The van der Waals surface area contributed by atoms with Crippen molar-refractivity contribution in [1.82, 2.24) is 15.5 Å². The molecule has 7 nitrogen and oxygen atoms in total. The van der Waals surface area contributed by atoms with Crippen LogP contribution in [-0.4, -0.2) is 57.3 Å². The summed E-state index contributed by atoms with van der Waals surface area (Å²) < 4.78 is 10.1. The average molecular weight is 363 g/mol. The van der Waals surface area contributed by atoms with Gasteiger partial charge < -0.3 is 14.8 Å². The number of carbonyl (C=O) groups is 2. The number of benzene rings is 1. The largest absolute Gasteiger partial charge is 0.497 e. The van der Waals surface area contributed by atoms with Crippen LogP contribution in [0, 0.1) is 0 Å². The molecule has 2 N–H and O–H groups in total. The van der Waals surface area contributed by atoms with Crippen LogP contribution in [-0.2, 0) is 9.53 Å². The van der Waals surface area contributed by atoms with Crippen LogP contribution < -0.4 is 15.4 Å². The van der Waals surface area contributed by atoms with Gasteiger partial charge in [0.15, 0.2) is 0 Å². The van der Waals surface area contributed by atoms with Crippen molar-refractivity contribution in [2.45, 2.75) is 31.7 Å². The van der Waals surface area contributed by atoms with Crippen LogP contribution in [0.4, 0.5) is 4.79 Å². The van der Waals surface area contributed by atoms with Crippen molar-refractivity contribution in [3.63, 3.8) is 0 Å². The minimum Gasteiger partial charge on any atom is -0.497 e. The van der Waals surface area contributed by atoms with Crippen LogP contribution in [0.1, 0.15) is 37.3 Å². The van der Waals surface area contributed by atoms with Crippen molar-refractivity contribution in [2.75, 3.05) is 40.5 Å². The van der Waals surface area contributed by atoms with E-state index < -0.39 is 6.03 Å². The van der Waals surface area contributed by atoms with E-state index in [0.717, 1.165) is 38.0 Å². The molecule has 1 aromatic carbocycles. The highest BCUT2D eigenvalue weighted by Crippen LogP contribution is 2.30. The van der Waals surface area contributed by atoms with Crippen molar-refractivity contribution in [1.29, 1.82) is 0 Å². The molecule has 0 aliphatic carbocycles. The van der Waals surface area contributed by atoms with Gasteiger partial charge in [-0.3, -0.25) is 15.0 Å². The van der Waals surface area contributed by atoms with Crippen LogP contribution >= 0.6 is 0 Å². The number of amides is 3. The molecule has 0 bridgehead atoms. The summed E-state index contributed by atoms with van der Waals surface area (Å²) in [6.45, 7) is 1.82. The number of urea groups is 1. The zero-order valence-corrected chi connectivity index (χ0v) is 15.6. The Bertz CT molecular complexity index is 577. The second kappa shape index (κ2) is 10.8. The minimum atomic E-state index is -0.483. The number of imide groups is 1. The Morgan fingerprint density at radius 1 is 1.15 bits per heavy atom. The monoisotopic (exact) mass is 363 g/mol. The quantitative estimate of drug-likeness (QED) is 0.725. The van der Waals surface area contributed by atoms with Gasteiger partial charge in [-0.25, -0.2) is 4.79 Å². The first-order chi connectivity index (χ1) is 12.6. The number of nitrogens with one attached hydrogen (secondary N) is 2. The third-order valence-corrected chi connectivity index (χ3v) is 4.56. The van der Waals surface area contributed by atoms with Crippen LogP contribution in [0.25, 0.3) is 0 Å². The molecule has 26 heavy (non-hydrogen) atoms. The molecule has 0 unspecified atom stereocenters. The van der Waals surface area contributed by atoms with Gasteiger partial charge in [-0.1, -0.05) is 25.0 Å². The fraction of sp³-hybridized carbons (Fsp3) is 0.579. The van der Waals surface area contributed by atoms with E-state index in [4.69, 9.17) is 9.47 Å². The molecule has 1 fully saturated rings. The summed E-state index contributed by atoms with van der Waals surface area (Å²) in [5.74, 6) is 0.528. The Morgan fingerprint density at radius 3 is 2.62 bits per heavy atom. The van der Waals surface area contributed by atoms with Gasteiger partial charge in [0.2, 0.25) is 5.91 Å². The number of nitrogens with zero attached hydrogens (tertiary/aromatic N) is 1. The molecule has 1 aliphatic heterocycles. The lowest BCUT2D eigenvalue weighted by Gasteiger charge is -2.29. The third-order valence-electron chi connectivity index (χ3n) is 4.56. The Hall–Kier alpha value is -2.12. The molecule has 0 radical (unpaired) electrons. The molecular weight excluding hydrogens is 334 g/mol. The number of hydrogen-bond donors (Lipinski definition) is 2. The van der Waals surface area contributed by atoms with Crippen molar-refractivity contribution >= 4 is 11.9 Å². The smallest absolute Gasteiger partial charge is 0.321 e. The molecule has 7 heteroatoms. The van der Waals surface area contributed by atoms with Gasteiger partial charge >= 0.3 is 6.03 Å². The maximum absolute atomic E-state index is 12.3. The van der Waals surface area contributed by atoms with E-state index in [1.54, 1.807) is 14.2 Å². The average Bonchev–Trinajstić information content (AvgIpc) is 2.87. The van der Waals surface area contributed by atoms with Gasteiger partial charge in [-0.15, -0.1) is 0 Å². The Balaban J connectivity index is 1.96. The summed E-state index contributed by atoms with van der Waals surface area (Å²) in [6, 6.07) is 7.69. The predicted octanol–water partition coefficient (Wildman–Crippen LogP) is 2.08. The summed E-state index contributed by atoms with van der Waals surface area (Å²) in [5.41, 5.74) is 1.17. The summed E-state index contributed by atoms with van der Waals surface area (Å²) in [7, 11) is 3.21. The molecule has 1 heterocycles. The highest BCUT2D eigenvalue weighted by molar-refractivity contribution is 5.95. The fourth-order valence-electron chi connectivity index (χ4n) is 3.22. The van der Waals surface area contributed by atoms with E-state index in [-0.39, 0.29) is 18.5 Å². The number of hydrogen-bond acceptors (Lipinski definition) is 5. The molecule has 1 aliphatic rings. The molecule has 2 rings (SSSR count). The SMILES string of the molecule is COCCNC(=O)NC(=O)CN1CCCCC[C@H]1c1ccc(OC)cc1. The standard InChI is InChI=1S/C19H29N3O4/c1-25-13-11-20-19(24)21-18(23)14-22-12-5-3-4-6-17(22)15-7-9-16(26-2)10-8-15/h7-10,17H,3-6,11-14H2,1-2H3,(H2,20,21,23,24)/t17-/m0/s1. The van der Waals surface area contributed by atoms with Crippen LogP contribution in [0.15, 0.2) is 24.3 Å². The van der Waals surface area contributed by atoms with E-state index in [1.165, 1.54) is 5.56 Å². The van der Waals surface area contributed by atoms with E-state index in [2.05, 4.69) is 27.7 Å². The van der Waals surface area contributed by atoms with E-state index >= 15 is 0 Å². The van der Waals surface area contributed by atoms with Gasteiger partial charge in [0.25, 0.3) is 0 Å². The second-order valence-electron chi connectivity index (χ2n) is 6.41. The highest BCUT2D eigenvalue weighted by atomic mass is 16.5. The van der Waals surface area contributed by atoms with E-state index in [0.29, 0.717) is 13.2 Å². The van der Waals surface area contributed by atoms with Crippen molar-refractivity contribution in [3.05, 3.63) is 29.8 Å². The molecule has 1 saturated heterocycles. The van der Waals surface area contributed by atoms with Crippen molar-refractivity contribution in [2.24, 2.45) is 0 Å². The molecule has 0 aromatic heterocycles. The Labute approximate surface area is 155 Å². The normalized spacial score (nSPS) is 18.0. The minimum absolute atomic E-state index is 0.172. The van der Waals surface area contributed by atoms with Crippen LogP contribution in [0.2, 0.25) is 0 Å².